The highest BCUT2D eigenvalue weighted by Crippen LogP contribution is 2.18. The van der Waals surface area contributed by atoms with Gasteiger partial charge in [0, 0.05) is 25.4 Å². The van der Waals surface area contributed by atoms with Crippen LogP contribution in [0.5, 0.6) is 5.75 Å². The minimum atomic E-state index is -1.80. The molecule has 2 aromatic rings. The second kappa shape index (κ2) is 14.6. The van der Waals surface area contributed by atoms with E-state index in [1.807, 2.05) is 35.2 Å². The van der Waals surface area contributed by atoms with Gasteiger partial charge in [-0.05, 0) is 43.0 Å². The molecule has 38 heavy (non-hydrogen) atoms. The van der Waals surface area contributed by atoms with E-state index in [1.165, 1.54) is 12.1 Å². The summed E-state index contributed by atoms with van der Waals surface area (Å²) in [5, 5.41) is 34.8. The second-order valence-corrected chi connectivity index (χ2v) is 9.63. The van der Waals surface area contributed by atoms with Crippen molar-refractivity contribution >= 4 is 24.7 Å². The van der Waals surface area contributed by atoms with Crippen molar-refractivity contribution in [3.63, 3.8) is 0 Å². The van der Waals surface area contributed by atoms with Gasteiger partial charge in [0.25, 0.3) is 0 Å². The van der Waals surface area contributed by atoms with Gasteiger partial charge >= 0.3 is 7.12 Å². The van der Waals surface area contributed by atoms with Crippen molar-refractivity contribution < 1.29 is 34.3 Å². The molecule has 1 aliphatic heterocycles. The number of hydrogen-bond donors (Lipinski definition) is 5. The third-order valence-electron chi connectivity index (χ3n) is 6.55. The van der Waals surface area contributed by atoms with Gasteiger partial charge in [0.05, 0.1) is 31.7 Å². The second-order valence-electron chi connectivity index (χ2n) is 9.63. The fourth-order valence-electron chi connectivity index (χ4n) is 4.32. The molecule has 0 aromatic heterocycles. The van der Waals surface area contributed by atoms with E-state index in [2.05, 4.69) is 10.6 Å². The molecule has 1 heterocycles. The molecule has 0 radical (unpaired) electrons. The minimum absolute atomic E-state index is 0.0776. The van der Waals surface area contributed by atoms with E-state index in [4.69, 9.17) is 4.74 Å². The third kappa shape index (κ3) is 9.57. The highest BCUT2D eigenvalue weighted by Gasteiger charge is 2.31. The molecule has 0 spiro atoms. The number of amides is 2. The first kappa shape index (κ1) is 29.3. The fourth-order valence-corrected chi connectivity index (χ4v) is 4.32. The molecule has 3 atom stereocenters. The predicted molar refractivity (Wildman–Crippen MR) is 142 cm³/mol. The number of hydrogen-bond acceptors (Lipinski definition) is 8. The summed E-state index contributed by atoms with van der Waals surface area (Å²) < 4.78 is 5.29. The molecule has 1 saturated heterocycles. The van der Waals surface area contributed by atoms with Gasteiger partial charge in [-0.1, -0.05) is 42.5 Å². The summed E-state index contributed by atoms with van der Waals surface area (Å²) in [5.41, 5.74) is 1.54. The number of carbonyl (C=O) groups excluding carboxylic acids is 3. The summed E-state index contributed by atoms with van der Waals surface area (Å²) in [7, 11) is -1.80. The molecule has 1 fully saturated rings. The summed E-state index contributed by atoms with van der Waals surface area (Å²) >= 11 is 0. The zero-order chi connectivity index (χ0) is 27.5. The number of phenolic OH excluding ortho intramolecular Hbond substituents is 1. The standard InChI is InChI=1S/C27H36BN3O7/c1-19(29-26(34)18-31-11-13-38-14-12-31)24(33)17-22(15-21-7-9-23(32)10-8-21)27(35)30-25(28(36)37)16-20-5-3-2-4-6-20/h2-10,19,22,25,32,36-37H,11-18H2,1H3,(H,29,34)(H,30,35)/t19-,22+,25-/m0/s1. The van der Waals surface area contributed by atoms with Crippen LogP contribution < -0.4 is 10.6 Å². The molecule has 204 valence electrons. The Morgan fingerprint density at radius 2 is 1.58 bits per heavy atom. The van der Waals surface area contributed by atoms with E-state index in [-0.39, 0.29) is 43.2 Å². The van der Waals surface area contributed by atoms with Crippen molar-refractivity contribution in [1.29, 1.82) is 0 Å². The van der Waals surface area contributed by atoms with E-state index >= 15 is 0 Å². The fraction of sp³-hybridized carbons (Fsp3) is 0.444. The molecular weight excluding hydrogens is 489 g/mol. The largest absolute Gasteiger partial charge is 0.508 e. The van der Waals surface area contributed by atoms with Gasteiger partial charge in [-0.15, -0.1) is 0 Å². The summed E-state index contributed by atoms with van der Waals surface area (Å²) in [6.45, 7) is 4.16. The number of ether oxygens (including phenoxy) is 1. The maximum Gasteiger partial charge on any atom is 0.475 e. The van der Waals surface area contributed by atoms with Crippen LogP contribution in [0.4, 0.5) is 0 Å². The van der Waals surface area contributed by atoms with Crippen LogP contribution >= 0.6 is 0 Å². The zero-order valence-electron chi connectivity index (χ0n) is 21.6. The monoisotopic (exact) mass is 525 g/mol. The first-order chi connectivity index (χ1) is 18.2. The van der Waals surface area contributed by atoms with Gasteiger partial charge in [0.2, 0.25) is 11.8 Å². The molecule has 11 heteroatoms. The molecule has 10 nitrogen and oxygen atoms in total. The average molecular weight is 525 g/mol. The molecule has 0 unspecified atom stereocenters. The quantitative estimate of drug-likeness (QED) is 0.231. The SMILES string of the molecule is C[C@H](NC(=O)CN1CCOCC1)C(=O)C[C@@H](Cc1ccc(O)cc1)C(=O)N[C@@H](Cc1ccccc1)B(O)O. The molecule has 0 saturated carbocycles. The van der Waals surface area contributed by atoms with Crippen LogP contribution in [0.25, 0.3) is 0 Å². The number of Topliss-reactive ketones (excluding diaryl/α,β-unsaturated/α-hetero) is 1. The number of rotatable bonds is 13. The number of benzene rings is 2. The first-order valence-corrected chi connectivity index (χ1v) is 12.8. The Kier molecular flexibility index (Phi) is 11.3. The summed E-state index contributed by atoms with van der Waals surface area (Å²) in [5.74, 6) is -2.83. The summed E-state index contributed by atoms with van der Waals surface area (Å²) in [4.78, 5) is 40.8. The van der Waals surface area contributed by atoms with Crippen LogP contribution in [0.15, 0.2) is 54.6 Å². The lowest BCUT2D eigenvalue weighted by Crippen LogP contribution is -2.51. The molecular formula is C27H36BN3O7. The highest BCUT2D eigenvalue weighted by atomic mass is 16.5. The normalized spacial score (nSPS) is 16.2. The Morgan fingerprint density at radius 1 is 0.947 bits per heavy atom. The Hall–Kier alpha value is -3.25. The van der Waals surface area contributed by atoms with Crippen LogP contribution in [-0.4, -0.2) is 89.6 Å². The van der Waals surface area contributed by atoms with Crippen molar-refractivity contribution in [3.8, 4) is 5.75 Å². The van der Waals surface area contributed by atoms with E-state index in [0.29, 0.717) is 26.3 Å². The molecule has 2 amide bonds. The molecule has 2 aromatic carbocycles. The van der Waals surface area contributed by atoms with E-state index < -0.39 is 30.9 Å². The smallest absolute Gasteiger partial charge is 0.475 e. The van der Waals surface area contributed by atoms with Crippen LogP contribution in [0.2, 0.25) is 0 Å². The number of nitrogens with one attached hydrogen (secondary N) is 2. The van der Waals surface area contributed by atoms with Crippen LogP contribution in [0.1, 0.15) is 24.5 Å². The topological polar surface area (TPSA) is 148 Å². The Balaban J connectivity index is 1.66. The van der Waals surface area contributed by atoms with Gasteiger partial charge in [-0.3, -0.25) is 19.3 Å². The molecule has 0 aliphatic carbocycles. The van der Waals surface area contributed by atoms with Crippen LogP contribution in [0.3, 0.4) is 0 Å². The lowest BCUT2D eigenvalue weighted by Gasteiger charge is -2.26. The molecule has 0 bridgehead atoms. The van der Waals surface area contributed by atoms with Crippen LogP contribution in [-0.2, 0) is 32.0 Å². The van der Waals surface area contributed by atoms with Crippen molar-refractivity contribution in [2.24, 2.45) is 5.92 Å². The summed E-state index contributed by atoms with van der Waals surface area (Å²) in [6, 6.07) is 14.6. The third-order valence-corrected chi connectivity index (χ3v) is 6.55. The number of ketones is 1. The maximum absolute atomic E-state index is 13.3. The lowest BCUT2D eigenvalue weighted by molar-refractivity contribution is -0.132. The van der Waals surface area contributed by atoms with Crippen molar-refractivity contribution in [2.75, 3.05) is 32.8 Å². The van der Waals surface area contributed by atoms with Gasteiger partial charge in [-0.25, -0.2) is 0 Å². The molecule has 1 aliphatic rings. The number of phenols is 1. The first-order valence-electron chi connectivity index (χ1n) is 12.8. The van der Waals surface area contributed by atoms with Gasteiger partial charge in [0.15, 0.2) is 5.78 Å². The minimum Gasteiger partial charge on any atom is -0.508 e. The zero-order valence-corrected chi connectivity index (χ0v) is 21.6. The van der Waals surface area contributed by atoms with Crippen molar-refractivity contribution in [3.05, 3.63) is 65.7 Å². The molecule has 5 N–H and O–H groups in total. The average Bonchev–Trinajstić information content (AvgIpc) is 2.90. The van der Waals surface area contributed by atoms with Gasteiger partial charge in [-0.2, -0.15) is 0 Å². The Bertz CT molecular complexity index is 1050. The van der Waals surface area contributed by atoms with Crippen molar-refractivity contribution in [1.82, 2.24) is 15.5 Å². The Labute approximate surface area is 223 Å². The number of aromatic hydroxyl groups is 1. The van der Waals surface area contributed by atoms with Gasteiger partial charge < -0.3 is 30.5 Å². The van der Waals surface area contributed by atoms with Crippen molar-refractivity contribution in [2.45, 2.75) is 38.2 Å². The van der Waals surface area contributed by atoms with Crippen LogP contribution in [0, 0.1) is 5.92 Å². The number of carbonyl (C=O) groups is 3. The number of morpholine rings is 1. The lowest BCUT2D eigenvalue weighted by atomic mass is 9.75. The van der Waals surface area contributed by atoms with E-state index in [0.717, 1.165) is 11.1 Å². The number of nitrogens with zero attached hydrogens (tertiary/aromatic N) is 1. The highest BCUT2D eigenvalue weighted by molar-refractivity contribution is 6.43. The van der Waals surface area contributed by atoms with E-state index in [9.17, 15) is 29.5 Å². The molecule has 3 rings (SSSR count). The predicted octanol–water partition coefficient (Wildman–Crippen LogP) is 0.0865. The Morgan fingerprint density at radius 3 is 2.21 bits per heavy atom. The summed E-state index contributed by atoms with van der Waals surface area (Å²) in [6.07, 6.45) is 0.218. The van der Waals surface area contributed by atoms with Gasteiger partial charge in [0.1, 0.15) is 5.75 Å². The maximum atomic E-state index is 13.3. The van der Waals surface area contributed by atoms with E-state index in [1.54, 1.807) is 19.1 Å².